The summed E-state index contributed by atoms with van der Waals surface area (Å²) in [5, 5.41) is 3.71. The zero-order valence-corrected chi connectivity index (χ0v) is 14.6. The molecule has 1 saturated heterocycles. The fraction of sp³-hybridized carbons (Fsp3) is 1.00. The van der Waals surface area contributed by atoms with Crippen LogP contribution in [0.25, 0.3) is 0 Å². The van der Waals surface area contributed by atoms with Crippen molar-refractivity contribution in [1.82, 2.24) is 10.2 Å². The van der Waals surface area contributed by atoms with E-state index in [2.05, 4.69) is 31.0 Å². The van der Waals surface area contributed by atoms with Crippen molar-refractivity contribution in [2.45, 2.75) is 90.1 Å². The Morgan fingerprint density at radius 1 is 0.952 bits per heavy atom. The normalized spacial score (nSPS) is 35.0. The molecule has 0 radical (unpaired) electrons. The Labute approximate surface area is 132 Å². The Balaban J connectivity index is 1.65. The van der Waals surface area contributed by atoms with E-state index in [0.717, 1.165) is 12.0 Å². The first kappa shape index (κ1) is 15.8. The Morgan fingerprint density at radius 3 is 2.24 bits per heavy atom. The predicted octanol–water partition coefficient (Wildman–Crippen LogP) is 4.20. The smallest absolute Gasteiger partial charge is 0.0337 e. The molecular weight excluding hydrogens is 256 g/mol. The van der Waals surface area contributed by atoms with Gasteiger partial charge in [0.05, 0.1) is 0 Å². The van der Waals surface area contributed by atoms with Gasteiger partial charge in [-0.25, -0.2) is 0 Å². The van der Waals surface area contributed by atoms with Gasteiger partial charge in [-0.05, 0) is 49.9 Å². The molecule has 3 aliphatic rings. The highest BCUT2D eigenvalue weighted by atomic mass is 15.3. The second-order valence-corrected chi connectivity index (χ2v) is 9.03. The zero-order chi connectivity index (χ0) is 14.9. The van der Waals surface area contributed by atoms with Crippen molar-refractivity contribution < 1.29 is 0 Å². The van der Waals surface area contributed by atoms with Crippen molar-refractivity contribution in [2.75, 3.05) is 19.6 Å². The van der Waals surface area contributed by atoms with E-state index >= 15 is 0 Å². The summed E-state index contributed by atoms with van der Waals surface area (Å²) in [4.78, 5) is 2.97. The van der Waals surface area contributed by atoms with Gasteiger partial charge >= 0.3 is 0 Å². The van der Waals surface area contributed by atoms with Gasteiger partial charge in [0.15, 0.2) is 0 Å². The first-order valence-electron chi connectivity index (χ1n) is 9.49. The van der Waals surface area contributed by atoms with Gasteiger partial charge < -0.3 is 5.32 Å². The van der Waals surface area contributed by atoms with Gasteiger partial charge in [-0.2, -0.15) is 0 Å². The van der Waals surface area contributed by atoms with Gasteiger partial charge in [-0.15, -0.1) is 0 Å². The second kappa shape index (κ2) is 6.20. The lowest BCUT2D eigenvalue weighted by Crippen LogP contribution is -2.65. The highest BCUT2D eigenvalue weighted by Crippen LogP contribution is 2.43. The third-order valence-electron chi connectivity index (χ3n) is 6.74. The molecule has 0 amide bonds. The molecule has 3 rings (SSSR count). The van der Waals surface area contributed by atoms with Crippen LogP contribution in [-0.4, -0.2) is 36.1 Å². The highest BCUT2D eigenvalue weighted by Gasteiger charge is 2.44. The molecule has 1 N–H and O–H groups in total. The minimum atomic E-state index is 0.511. The van der Waals surface area contributed by atoms with Crippen molar-refractivity contribution in [1.29, 1.82) is 0 Å². The molecule has 2 aliphatic carbocycles. The predicted molar refractivity (Wildman–Crippen MR) is 90.6 cm³/mol. The van der Waals surface area contributed by atoms with Crippen LogP contribution in [0.3, 0.4) is 0 Å². The highest BCUT2D eigenvalue weighted by molar-refractivity contribution is 5.01. The summed E-state index contributed by atoms with van der Waals surface area (Å²) in [5.41, 5.74) is 1.03. The van der Waals surface area contributed by atoms with E-state index in [4.69, 9.17) is 0 Å². The zero-order valence-electron chi connectivity index (χ0n) is 14.6. The molecule has 1 aliphatic heterocycles. The molecule has 0 aromatic heterocycles. The molecule has 0 aromatic carbocycles. The molecule has 2 heteroatoms. The summed E-state index contributed by atoms with van der Waals surface area (Å²) < 4.78 is 0. The van der Waals surface area contributed by atoms with Gasteiger partial charge in [0.2, 0.25) is 0 Å². The average molecular weight is 293 g/mol. The molecule has 0 aromatic rings. The molecule has 3 fully saturated rings. The van der Waals surface area contributed by atoms with Gasteiger partial charge in [0, 0.05) is 31.2 Å². The van der Waals surface area contributed by atoms with E-state index in [1.807, 2.05) is 0 Å². The van der Waals surface area contributed by atoms with Crippen molar-refractivity contribution in [3.8, 4) is 0 Å². The fourth-order valence-electron chi connectivity index (χ4n) is 5.36. The van der Waals surface area contributed by atoms with E-state index < -0.39 is 0 Å². The topological polar surface area (TPSA) is 15.3 Å². The maximum Gasteiger partial charge on any atom is 0.0337 e. The van der Waals surface area contributed by atoms with Crippen LogP contribution in [0, 0.1) is 11.3 Å². The summed E-state index contributed by atoms with van der Waals surface area (Å²) in [6, 6.07) is 0.879. The molecule has 1 heterocycles. The fourth-order valence-corrected chi connectivity index (χ4v) is 5.36. The lowest BCUT2D eigenvalue weighted by molar-refractivity contribution is -0.0288. The Morgan fingerprint density at radius 2 is 1.62 bits per heavy atom. The molecule has 2 saturated carbocycles. The first-order valence-corrected chi connectivity index (χ1v) is 9.49. The summed E-state index contributed by atoms with van der Waals surface area (Å²) in [6.07, 6.45) is 13.1. The SMILES string of the molecule is CC(C)(C)C1CCC(N2CCNCC23CCCCC3)CC1. The average Bonchev–Trinajstić information content (AvgIpc) is 2.48. The molecule has 0 bridgehead atoms. The molecule has 1 spiro atoms. The standard InChI is InChI=1S/C19H36N2/c1-18(2,3)16-7-9-17(10-8-16)21-14-13-20-15-19(21)11-5-4-6-12-19/h16-17,20H,4-15H2,1-3H3. The van der Waals surface area contributed by atoms with Gasteiger partial charge in [-0.1, -0.05) is 40.0 Å². The Hall–Kier alpha value is -0.0800. The van der Waals surface area contributed by atoms with Gasteiger partial charge in [0.25, 0.3) is 0 Å². The lowest BCUT2D eigenvalue weighted by Gasteiger charge is -2.54. The minimum Gasteiger partial charge on any atom is -0.314 e. The van der Waals surface area contributed by atoms with Gasteiger partial charge in [0.1, 0.15) is 0 Å². The number of hydrogen-bond donors (Lipinski definition) is 1. The molecule has 0 atom stereocenters. The van der Waals surface area contributed by atoms with E-state index in [1.54, 1.807) is 0 Å². The van der Waals surface area contributed by atoms with Crippen LogP contribution in [0.2, 0.25) is 0 Å². The van der Waals surface area contributed by atoms with Gasteiger partial charge in [-0.3, -0.25) is 4.90 Å². The molecule has 2 nitrogen and oxygen atoms in total. The van der Waals surface area contributed by atoms with Crippen molar-refractivity contribution in [2.24, 2.45) is 11.3 Å². The number of nitrogens with zero attached hydrogens (tertiary/aromatic N) is 1. The number of hydrogen-bond acceptors (Lipinski definition) is 2. The van der Waals surface area contributed by atoms with Crippen LogP contribution in [0.5, 0.6) is 0 Å². The van der Waals surface area contributed by atoms with Crippen molar-refractivity contribution in [3.63, 3.8) is 0 Å². The second-order valence-electron chi connectivity index (χ2n) is 9.03. The molecular formula is C19H36N2. The van der Waals surface area contributed by atoms with Crippen LogP contribution in [-0.2, 0) is 0 Å². The molecule has 0 unspecified atom stereocenters. The summed E-state index contributed by atoms with van der Waals surface area (Å²) in [7, 11) is 0. The van der Waals surface area contributed by atoms with E-state index in [1.165, 1.54) is 77.4 Å². The summed E-state index contributed by atoms with van der Waals surface area (Å²) in [6.45, 7) is 11.1. The quantitative estimate of drug-likeness (QED) is 0.779. The monoisotopic (exact) mass is 292 g/mol. The Bertz CT molecular complexity index is 322. The Kier molecular flexibility index (Phi) is 4.66. The maximum absolute atomic E-state index is 3.71. The molecule has 21 heavy (non-hydrogen) atoms. The molecule has 122 valence electrons. The van der Waals surface area contributed by atoms with Crippen molar-refractivity contribution in [3.05, 3.63) is 0 Å². The van der Waals surface area contributed by atoms with Crippen LogP contribution in [0.15, 0.2) is 0 Å². The summed E-state index contributed by atoms with van der Waals surface area (Å²) in [5.74, 6) is 0.943. The van der Waals surface area contributed by atoms with Crippen LogP contribution in [0.1, 0.15) is 78.6 Å². The van der Waals surface area contributed by atoms with Crippen LogP contribution >= 0.6 is 0 Å². The van der Waals surface area contributed by atoms with Crippen LogP contribution < -0.4 is 5.32 Å². The van der Waals surface area contributed by atoms with Crippen LogP contribution in [0.4, 0.5) is 0 Å². The number of rotatable bonds is 1. The third-order valence-corrected chi connectivity index (χ3v) is 6.74. The van der Waals surface area contributed by atoms with E-state index in [-0.39, 0.29) is 0 Å². The number of nitrogens with one attached hydrogen (secondary N) is 1. The third kappa shape index (κ3) is 3.32. The lowest BCUT2D eigenvalue weighted by atomic mass is 9.70. The maximum atomic E-state index is 3.71. The largest absolute Gasteiger partial charge is 0.314 e. The summed E-state index contributed by atoms with van der Waals surface area (Å²) >= 11 is 0. The van der Waals surface area contributed by atoms with Crippen molar-refractivity contribution >= 4 is 0 Å². The van der Waals surface area contributed by atoms with E-state index in [9.17, 15) is 0 Å². The minimum absolute atomic E-state index is 0.511. The first-order chi connectivity index (χ1) is 10.0. The number of piperazine rings is 1. The van der Waals surface area contributed by atoms with E-state index in [0.29, 0.717) is 11.0 Å².